The lowest BCUT2D eigenvalue weighted by molar-refractivity contribution is 0.531. The molecule has 0 radical (unpaired) electrons. The molecule has 28 heavy (non-hydrogen) atoms. The van der Waals surface area contributed by atoms with E-state index >= 15 is 0 Å². The Kier molecular flexibility index (Phi) is 7.67. The van der Waals surface area contributed by atoms with E-state index in [2.05, 4.69) is 98.7 Å². The first-order chi connectivity index (χ1) is 12.3. The van der Waals surface area contributed by atoms with Crippen molar-refractivity contribution in [3.63, 3.8) is 0 Å². The van der Waals surface area contributed by atoms with Crippen LogP contribution in [-0.4, -0.2) is 4.98 Å². The molecular formula is C27H43N. The van der Waals surface area contributed by atoms with Gasteiger partial charge < -0.3 is 0 Å². The fraction of sp³-hybridized carbons (Fsp3) is 0.593. The molecule has 156 valence electrons. The molecule has 3 rings (SSSR count). The average Bonchev–Trinajstić information content (AvgIpc) is 3.01. The molecule has 0 saturated carbocycles. The second kappa shape index (κ2) is 8.80. The van der Waals surface area contributed by atoms with Crippen molar-refractivity contribution in [2.24, 2.45) is 0 Å². The molecule has 0 fully saturated rings. The van der Waals surface area contributed by atoms with Crippen LogP contribution in [0.15, 0.2) is 36.4 Å². The van der Waals surface area contributed by atoms with Crippen molar-refractivity contribution in [3.05, 3.63) is 64.5 Å². The standard InChI is InChI=1S/C13H21N.C13H18.CH4/c1-12(2,3)10-8-7-9-11(14-10)13(4,5)6;1-13(2,3)12-8-7-10-5-4-6-11(10)9-12;/h7-9H,1-6H3;7-9H,4-6H2,1-3H3;1H4. The Bertz CT molecular complexity index is 735. The monoisotopic (exact) mass is 381 g/mol. The number of nitrogens with zero attached hydrogens (tertiary/aromatic N) is 1. The Hall–Kier alpha value is -1.63. The third-order valence-electron chi connectivity index (χ3n) is 5.25. The summed E-state index contributed by atoms with van der Waals surface area (Å²) < 4.78 is 0. The normalized spacial score (nSPS) is 13.9. The fourth-order valence-corrected chi connectivity index (χ4v) is 3.31. The van der Waals surface area contributed by atoms with Gasteiger partial charge in [-0.25, -0.2) is 0 Å². The van der Waals surface area contributed by atoms with Gasteiger partial charge in [0.25, 0.3) is 0 Å². The first-order valence-corrected chi connectivity index (χ1v) is 10.4. The van der Waals surface area contributed by atoms with E-state index in [4.69, 9.17) is 4.98 Å². The van der Waals surface area contributed by atoms with Crippen LogP contribution in [-0.2, 0) is 29.1 Å². The van der Waals surface area contributed by atoms with Gasteiger partial charge in [-0.15, -0.1) is 0 Å². The topological polar surface area (TPSA) is 12.9 Å². The van der Waals surface area contributed by atoms with Crippen molar-refractivity contribution in [2.75, 3.05) is 0 Å². The van der Waals surface area contributed by atoms with Gasteiger partial charge in [-0.2, -0.15) is 0 Å². The molecule has 1 heteroatoms. The Morgan fingerprint density at radius 2 is 1.14 bits per heavy atom. The lowest BCUT2D eigenvalue weighted by atomic mass is 9.85. The molecule has 1 aliphatic carbocycles. The number of hydrogen-bond donors (Lipinski definition) is 0. The lowest BCUT2D eigenvalue weighted by Gasteiger charge is -2.23. The third kappa shape index (κ3) is 6.47. The largest absolute Gasteiger partial charge is 0.257 e. The van der Waals surface area contributed by atoms with Crippen LogP contribution in [0.1, 0.15) is 104 Å². The molecule has 1 aromatic heterocycles. The van der Waals surface area contributed by atoms with Gasteiger partial charge in [0.05, 0.1) is 0 Å². The highest BCUT2D eigenvalue weighted by atomic mass is 14.7. The van der Waals surface area contributed by atoms with Crippen molar-refractivity contribution >= 4 is 0 Å². The van der Waals surface area contributed by atoms with Crippen molar-refractivity contribution < 1.29 is 0 Å². The predicted octanol–water partition coefficient (Wildman–Crippen LogP) is 7.79. The third-order valence-corrected chi connectivity index (χ3v) is 5.25. The first-order valence-electron chi connectivity index (χ1n) is 10.4. The minimum absolute atomic E-state index is 0. The molecule has 0 amide bonds. The molecule has 1 heterocycles. The lowest BCUT2D eigenvalue weighted by Crippen LogP contribution is -2.19. The maximum Gasteiger partial charge on any atom is 0.0460 e. The molecule has 0 N–H and O–H groups in total. The maximum atomic E-state index is 4.72. The number of aryl methyl sites for hydroxylation is 2. The van der Waals surface area contributed by atoms with Crippen LogP contribution < -0.4 is 0 Å². The van der Waals surface area contributed by atoms with Crippen LogP contribution in [0.25, 0.3) is 0 Å². The highest BCUT2D eigenvalue weighted by molar-refractivity contribution is 5.37. The second-order valence-corrected chi connectivity index (χ2v) is 11.0. The zero-order valence-electron chi connectivity index (χ0n) is 19.0. The van der Waals surface area contributed by atoms with Crippen LogP contribution in [0.5, 0.6) is 0 Å². The summed E-state index contributed by atoms with van der Waals surface area (Å²) in [6.07, 6.45) is 3.93. The average molecular weight is 382 g/mol. The van der Waals surface area contributed by atoms with Gasteiger partial charge >= 0.3 is 0 Å². The highest BCUT2D eigenvalue weighted by Crippen LogP contribution is 2.29. The Labute approximate surface area is 175 Å². The van der Waals surface area contributed by atoms with Gasteiger partial charge in [0.15, 0.2) is 0 Å². The van der Waals surface area contributed by atoms with Crippen LogP contribution in [0, 0.1) is 0 Å². The molecule has 1 aliphatic rings. The number of hydrogen-bond acceptors (Lipinski definition) is 1. The fourth-order valence-electron chi connectivity index (χ4n) is 3.31. The number of pyridine rings is 1. The smallest absolute Gasteiger partial charge is 0.0460 e. The number of aromatic nitrogens is 1. The van der Waals surface area contributed by atoms with E-state index in [1.807, 2.05) is 0 Å². The summed E-state index contributed by atoms with van der Waals surface area (Å²) in [5.41, 5.74) is 7.57. The summed E-state index contributed by atoms with van der Waals surface area (Å²) in [6.45, 7) is 20.0. The SMILES string of the molecule is C.CC(C)(C)c1ccc2c(c1)CCC2.CC(C)(C)c1cccc(C(C)(C)C)n1. The molecule has 0 spiro atoms. The minimum atomic E-state index is 0. The van der Waals surface area contributed by atoms with Crippen molar-refractivity contribution in [1.29, 1.82) is 0 Å². The zero-order chi connectivity index (χ0) is 20.5. The Balaban J connectivity index is 0.000000271. The number of fused-ring (bicyclic) bond motifs is 1. The van der Waals surface area contributed by atoms with E-state index in [0.29, 0.717) is 5.41 Å². The van der Waals surface area contributed by atoms with E-state index in [1.54, 1.807) is 11.1 Å². The molecule has 1 aromatic carbocycles. The summed E-state index contributed by atoms with van der Waals surface area (Å²) in [5, 5.41) is 0. The van der Waals surface area contributed by atoms with Gasteiger partial charge in [0.2, 0.25) is 0 Å². The number of benzene rings is 1. The van der Waals surface area contributed by atoms with Crippen LogP contribution in [0.4, 0.5) is 0 Å². The zero-order valence-corrected chi connectivity index (χ0v) is 19.0. The summed E-state index contributed by atoms with van der Waals surface area (Å²) in [7, 11) is 0. The maximum absolute atomic E-state index is 4.72. The summed E-state index contributed by atoms with van der Waals surface area (Å²) in [5.74, 6) is 0. The Morgan fingerprint density at radius 1 is 0.643 bits per heavy atom. The van der Waals surface area contributed by atoms with Crippen LogP contribution in [0.2, 0.25) is 0 Å². The first kappa shape index (κ1) is 24.4. The molecule has 0 aliphatic heterocycles. The Morgan fingerprint density at radius 3 is 1.61 bits per heavy atom. The van der Waals surface area contributed by atoms with E-state index < -0.39 is 0 Å². The molecule has 0 unspecified atom stereocenters. The van der Waals surface area contributed by atoms with E-state index in [9.17, 15) is 0 Å². The van der Waals surface area contributed by atoms with E-state index in [0.717, 1.165) is 0 Å². The van der Waals surface area contributed by atoms with Gasteiger partial charge in [-0.1, -0.05) is 94.0 Å². The van der Waals surface area contributed by atoms with E-state index in [-0.39, 0.29) is 18.3 Å². The second-order valence-electron chi connectivity index (χ2n) is 11.0. The molecule has 0 saturated heterocycles. The van der Waals surface area contributed by atoms with Crippen molar-refractivity contribution in [1.82, 2.24) is 4.98 Å². The summed E-state index contributed by atoms with van der Waals surface area (Å²) >= 11 is 0. The summed E-state index contributed by atoms with van der Waals surface area (Å²) in [6, 6.07) is 13.3. The minimum Gasteiger partial charge on any atom is -0.257 e. The molecule has 0 bridgehead atoms. The predicted molar refractivity (Wildman–Crippen MR) is 126 cm³/mol. The molecular weight excluding hydrogens is 338 g/mol. The van der Waals surface area contributed by atoms with E-state index in [1.165, 1.54) is 36.2 Å². The van der Waals surface area contributed by atoms with Crippen LogP contribution in [0.3, 0.4) is 0 Å². The van der Waals surface area contributed by atoms with Crippen molar-refractivity contribution in [3.8, 4) is 0 Å². The van der Waals surface area contributed by atoms with Gasteiger partial charge in [0.1, 0.15) is 0 Å². The molecule has 1 nitrogen and oxygen atoms in total. The highest BCUT2D eigenvalue weighted by Gasteiger charge is 2.20. The molecule has 2 aromatic rings. The number of rotatable bonds is 0. The van der Waals surface area contributed by atoms with Crippen LogP contribution >= 0.6 is 0 Å². The summed E-state index contributed by atoms with van der Waals surface area (Å²) in [4.78, 5) is 4.72. The molecule has 0 atom stereocenters. The quantitative estimate of drug-likeness (QED) is 0.454. The van der Waals surface area contributed by atoms with Crippen molar-refractivity contribution in [2.45, 2.75) is 105 Å². The van der Waals surface area contributed by atoms with Gasteiger partial charge in [-0.05, 0) is 53.5 Å². The van der Waals surface area contributed by atoms with Gasteiger partial charge in [-0.3, -0.25) is 4.98 Å². The van der Waals surface area contributed by atoms with Gasteiger partial charge in [0, 0.05) is 22.2 Å².